The van der Waals surface area contributed by atoms with E-state index in [-0.39, 0.29) is 17.4 Å². The van der Waals surface area contributed by atoms with Crippen molar-refractivity contribution in [3.05, 3.63) is 88.5 Å². The van der Waals surface area contributed by atoms with E-state index in [0.29, 0.717) is 27.9 Å². The number of nitrogens with one attached hydrogen (secondary N) is 1. The van der Waals surface area contributed by atoms with E-state index in [1.165, 1.54) is 18.7 Å². The number of rotatable bonds is 7. The first-order valence-corrected chi connectivity index (χ1v) is 11.7. The standard InChI is InChI=1S/C25H24N6O2S/c1-15-5-11-21(12-6-15)31-22(14-34-25-26-16(2)13-17(3)27-25)23(29-30-31)24(33)28-20-9-7-19(8-10-20)18(4)32/h5-13H,14H2,1-4H3,(H,28,33). The Morgan fingerprint density at radius 2 is 1.59 bits per heavy atom. The van der Waals surface area contributed by atoms with Crippen molar-refractivity contribution in [2.45, 2.75) is 38.6 Å². The highest BCUT2D eigenvalue weighted by Crippen LogP contribution is 2.24. The molecule has 34 heavy (non-hydrogen) atoms. The summed E-state index contributed by atoms with van der Waals surface area (Å²) in [5.41, 5.74) is 5.68. The van der Waals surface area contributed by atoms with E-state index in [2.05, 4.69) is 25.6 Å². The smallest absolute Gasteiger partial charge is 0.278 e. The van der Waals surface area contributed by atoms with Gasteiger partial charge in [-0.05, 0) is 70.2 Å². The number of carbonyl (C=O) groups is 2. The van der Waals surface area contributed by atoms with Gasteiger partial charge in [-0.15, -0.1) is 5.10 Å². The van der Waals surface area contributed by atoms with Crippen LogP contribution in [0.1, 0.15) is 50.4 Å². The third kappa shape index (κ3) is 5.37. The Bertz CT molecular complexity index is 1330. The highest BCUT2D eigenvalue weighted by Gasteiger charge is 2.22. The maximum Gasteiger partial charge on any atom is 0.278 e. The summed E-state index contributed by atoms with van der Waals surface area (Å²) >= 11 is 1.42. The molecule has 172 valence electrons. The number of amides is 1. The fraction of sp³-hybridized carbons (Fsp3) is 0.200. The minimum Gasteiger partial charge on any atom is -0.321 e. The molecule has 2 heterocycles. The molecule has 0 saturated heterocycles. The molecule has 0 saturated carbocycles. The number of benzene rings is 2. The lowest BCUT2D eigenvalue weighted by Crippen LogP contribution is -2.15. The van der Waals surface area contributed by atoms with Gasteiger partial charge in [-0.3, -0.25) is 9.59 Å². The van der Waals surface area contributed by atoms with Crippen LogP contribution in [0.5, 0.6) is 0 Å². The van der Waals surface area contributed by atoms with E-state index >= 15 is 0 Å². The van der Waals surface area contributed by atoms with Crippen molar-refractivity contribution in [2.24, 2.45) is 0 Å². The van der Waals surface area contributed by atoms with Crippen LogP contribution in [0.2, 0.25) is 0 Å². The molecular weight excluding hydrogens is 448 g/mol. The molecule has 2 aromatic heterocycles. The highest BCUT2D eigenvalue weighted by atomic mass is 32.2. The summed E-state index contributed by atoms with van der Waals surface area (Å²) in [5.74, 6) is -0.0202. The van der Waals surface area contributed by atoms with Crippen molar-refractivity contribution < 1.29 is 9.59 Å². The van der Waals surface area contributed by atoms with E-state index in [1.54, 1.807) is 28.9 Å². The lowest BCUT2D eigenvalue weighted by atomic mass is 10.1. The molecule has 0 spiro atoms. The number of thioether (sulfide) groups is 1. The average Bonchev–Trinajstić information content (AvgIpc) is 3.22. The summed E-state index contributed by atoms with van der Waals surface area (Å²) in [6, 6.07) is 16.5. The molecule has 4 rings (SSSR count). The number of hydrogen-bond acceptors (Lipinski definition) is 7. The van der Waals surface area contributed by atoms with Crippen LogP contribution in [0.3, 0.4) is 0 Å². The summed E-state index contributed by atoms with van der Waals surface area (Å²) in [6.45, 7) is 7.36. The van der Waals surface area contributed by atoms with Crippen LogP contribution in [-0.4, -0.2) is 36.7 Å². The molecule has 0 radical (unpaired) electrons. The van der Waals surface area contributed by atoms with Crippen molar-refractivity contribution in [1.29, 1.82) is 0 Å². The molecule has 4 aromatic rings. The first-order chi connectivity index (χ1) is 16.3. The van der Waals surface area contributed by atoms with Gasteiger partial charge in [0.25, 0.3) is 5.91 Å². The Balaban J connectivity index is 1.64. The third-order valence-electron chi connectivity index (χ3n) is 5.11. The molecule has 1 N–H and O–H groups in total. The minimum atomic E-state index is -0.383. The minimum absolute atomic E-state index is 0.0353. The van der Waals surface area contributed by atoms with Crippen molar-refractivity contribution in [3.63, 3.8) is 0 Å². The number of hydrogen-bond donors (Lipinski definition) is 1. The molecule has 0 aliphatic heterocycles. The zero-order valence-electron chi connectivity index (χ0n) is 19.4. The normalized spacial score (nSPS) is 10.8. The van der Waals surface area contributed by atoms with Crippen LogP contribution < -0.4 is 5.32 Å². The van der Waals surface area contributed by atoms with Crippen LogP contribution >= 0.6 is 11.8 Å². The molecule has 0 aliphatic rings. The monoisotopic (exact) mass is 472 g/mol. The lowest BCUT2D eigenvalue weighted by Gasteiger charge is -2.09. The largest absolute Gasteiger partial charge is 0.321 e. The molecule has 0 aliphatic carbocycles. The zero-order chi connectivity index (χ0) is 24.2. The van der Waals surface area contributed by atoms with Crippen molar-refractivity contribution in [1.82, 2.24) is 25.0 Å². The van der Waals surface area contributed by atoms with Gasteiger partial charge in [0.15, 0.2) is 16.6 Å². The lowest BCUT2D eigenvalue weighted by molar-refractivity contribution is 0.101. The molecule has 0 fully saturated rings. The topological polar surface area (TPSA) is 103 Å². The second-order valence-corrected chi connectivity index (χ2v) is 8.88. The van der Waals surface area contributed by atoms with E-state index in [1.807, 2.05) is 51.1 Å². The molecule has 0 atom stereocenters. The number of anilines is 1. The SMILES string of the molecule is CC(=O)c1ccc(NC(=O)c2nnn(-c3ccc(C)cc3)c2CSc2nc(C)cc(C)n2)cc1. The third-order valence-corrected chi connectivity index (χ3v) is 5.96. The average molecular weight is 473 g/mol. The molecule has 8 nitrogen and oxygen atoms in total. The van der Waals surface area contributed by atoms with E-state index in [4.69, 9.17) is 0 Å². The number of carbonyl (C=O) groups excluding carboxylic acids is 2. The molecule has 2 aromatic carbocycles. The molecular formula is C25H24N6O2S. The zero-order valence-corrected chi connectivity index (χ0v) is 20.2. The molecule has 9 heteroatoms. The summed E-state index contributed by atoms with van der Waals surface area (Å²) in [6.07, 6.45) is 0. The van der Waals surface area contributed by atoms with Gasteiger partial charge in [0.05, 0.1) is 11.4 Å². The number of aromatic nitrogens is 5. The Morgan fingerprint density at radius 3 is 2.21 bits per heavy atom. The fourth-order valence-corrected chi connectivity index (χ4v) is 4.31. The number of Topliss-reactive ketones (excluding diaryl/α,β-unsaturated/α-hetero) is 1. The highest BCUT2D eigenvalue weighted by molar-refractivity contribution is 7.98. The van der Waals surface area contributed by atoms with Gasteiger partial charge in [0.1, 0.15) is 0 Å². The molecule has 0 bridgehead atoms. The van der Waals surface area contributed by atoms with Gasteiger partial charge in [-0.25, -0.2) is 14.6 Å². The first kappa shape index (κ1) is 23.3. The van der Waals surface area contributed by atoms with Gasteiger partial charge in [0, 0.05) is 28.4 Å². The van der Waals surface area contributed by atoms with E-state index < -0.39 is 0 Å². The van der Waals surface area contributed by atoms with Gasteiger partial charge in [0.2, 0.25) is 0 Å². The fourth-order valence-electron chi connectivity index (χ4n) is 3.37. The maximum absolute atomic E-state index is 13.1. The van der Waals surface area contributed by atoms with Crippen molar-refractivity contribution in [3.8, 4) is 5.69 Å². The van der Waals surface area contributed by atoms with Crippen molar-refractivity contribution >= 4 is 29.1 Å². The van der Waals surface area contributed by atoms with Gasteiger partial charge >= 0.3 is 0 Å². The van der Waals surface area contributed by atoms with E-state index in [0.717, 1.165) is 22.6 Å². The number of aryl methyl sites for hydroxylation is 3. The predicted molar refractivity (Wildman–Crippen MR) is 132 cm³/mol. The molecule has 0 unspecified atom stereocenters. The van der Waals surface area contributed by atoms with Crippen LogP contribution in [0, 0.1) is 20.8 Å². The van der Waals surface area contributed by atoms with Gasteiger partial charge < -0.3 is 5.32 Å². The van der Waals surface area contributed by atoms with Gasteiger partial charge in [-0.1, -0.05) is 34.7 Å². The maximum atomic E-state index is 13.1. The van der Waals surface area contributed by atoms with Crippen molar-refractivity contribution in [2.75, 3.05) is 5.32 Å². The second-order valence-electron chi connectivity index (χ2n) is 7.94. The van der Waals surface area contributed by atoms with E-state index in [9.17, 15) is 9.59 Å². The first-order valence-electron chi connectivity index (χ1n) is 10.7. The van der Waals surface area contributed by atoms with Crippen LogP contribution in [0.15, 0.2) is 59.8 Å². The van der Waals surface area contributed by atoms with Gasteiger partial charge in [-0.2, -0.15) is 0 Å². The Kier molecular flexibility index (Phi) is 6.83. The Hall–Kier alpha value is -3.85. The molecule has 1 amide bonds. The van der Waals surface area contributed by atoms with Crippen LogP contribution in [0.25, 0.3) is 5.69 Å². The predicted octanol–water partition coefficient (Wildman–Crippen LogP) is 4.73. The van der Waals surface area contributed by atoms with Crippen LogP contribution in [-0.2, 0) is 5.75 Å². The second kappa shape index (κ2) is 9.96. The van der Waals surface area contributed by atoms with Crippen LogP contribution in [0.4, 0.5) is 5.69 Å². The summed E-state index contributed by atoms with van der Waals surface area (Å²) in [7, 11) is 0. The quantitative estimate of drug-likeness (QED) is 0.236. The summed E-state index contributed by atoms with van der Waals surface area (Å²) in [4.78, 5) is 33.6. The number of ketones is 1. The Labute approximate surface area is 201 Å². The Morgan fingerprint density at radius 1 is 0.941 bits per heavy atom. The summed E-state index contributed by atoms with van der Waals surface area (Å²) in [5, 5.41) is 11.9. The summed E-state index contributed by atoms with van der Waals surface area (Å²) < 4.78 is 1.67. The number of nitrogens with zero attached hydrogens (tertiary/aromatic N) is 5.